The maximum Gasteiger partial charge on any atom is 0.344 e. The highest BCUT2D eigenvalue weighted by molar-refractivity contribution is 7.89. The second kappa shape index (κ2) is 9.53. The van der Waals surface area contributed by atoms with Gasteiger partial charge in [0.05, 0.1) is 10.9 Å². The number of esters is 1. The number of hydrogen-bond donors (Lipinski definition) is 2. The highest BCUT2D eigenvalue weighted by Gasteiger charge is 2.14. The number of ether oxygens (including phenoxy) is 2. The summed E-state index contributed by atoms with van der Waals surface area (Å²) in [5.74, 6) is -0.577. The van der Waals surface area contributed by atoms with Crippen LogP contribution in [0.5, 0.6) is 5.75 Å². The molecular formula is C20H24N2O6S. The van der Waals surface area contributed by atoms with Crippen molar-refractivity contribution in [1.29, 1.82) is 0 Å². The van der Waals surface area contributed by atoms with Crippen LogP contribution in [0.15, 0.2) is 47.4 Å². The Bertz CT molecular complexity index is 987. The highest BCUT2D eigenvalue weighted by atomic mass is 32.2. The summed E-state index contributed by atoms with van der Waals surface area (Å²) < 4.78 is 32.9. The molecule has 0 aromatic heterocycles. The molecule has 0 aliphatic carbocycles. The van der Waals surface area contributed by atoms with Crippen LogP contribution in [0.4, 0.5) is 0 Å². The van der Waals surface area contributed by atoms with Crippen LogP contribution in [-0.2, 0) is 24.3 Å². The predicted molar refractivity (Wildman–Crippen MR) is 107 cm³/mol. The van der Waals surface area contributed by atoms with Crippen molar-refractivity contribution in [3.05, 3.63) is 59.2 Å². The second-order valence-corrected chi connectivity index (χ2v) is 8.18. The average Bonchev–Trinajstić information content (AvgIpc) is 2.65. The summed E-state index contributed by atoms with van der Waals surface area (Å²) in [7, 11) is -3.77. The topological polar surface area (TPSA) is 125 Å². The van der Waals surface area contributed by atoms with Gasteiger partial charge in [-0.2, -0.15) is 0 Å². The van der Waals surface area contributed by atoms with Crippen molar-refractivity contribution >= 4 is 21.9 Å². The Hall–Kier alpha value is -2.91. The van der Waals surface area contributed by atoms with Gasteiger partial charge < -0.3 is 14.8 Å². The lowest BCUT2D eigenvalue weighted by Gasteiger charge is -2.15. The molecule has 3 N–H and O–H groups in total. The summed E-state index contributed by atoms with van der Waals surface area (Å²) >= 11 is 0. The first-order valence-electron chi connectivity index (χ1n) is 8.84. The van der Waals surface area contributed by atoms with E-state index in [0.29, 0.717) is 11.3 Å². The standard InChI is InChI=1S/C20H24N2O6S/c1-13-4-9-18(14(2)10-13)27-12-20(24)28-11-19(23)22-15(3)16-5-7-17(8-6-16)29(21,25)26/h4-10,15H,11-12H2,1-3H3,(H,22,23)(H2,21,25,26)/t15-/m1/s1. The molecule has 0 saturated carbocycles. The average molecular weight is 420 g/mol. The molecule has 0 bridgehead atoms. The van der Waals surface area contributed by atoms with Gasteiger partial charge in [0.1, 0.15) is 5.75 Å². The van der Waals surface area contributed by atoms with Crippen molar-refractivity contribution in [2.45, 2.75) is 31.7 Å². The van der Waals surface area contributed by atoms with Crippen molar-refractivity contribution in [3.8, 4) is 5.75 Å². The number of sulfonamides is 1. The minimum absolute atomic E-state index is 0.0162. The Morgan fingerprint density at radius 1 is 1.07 bits per heavy atom. The zero-order chi connectivity index (χ0) is 21.6. The van der Waals surface area contributed by atoms with Gasteiger partial charge in [0.25, 0.3) is 5.91 Å². The molecule has 0 heterocycles. The fraction of sp³-hybridized carbons (Fsp3) is 0.300. The van der Waals surface area contributed by atoms with Gasteiger partial charge in [0, 0.05) is 0 Å². The van der Waals surface area contributed by atoms with Gasteiger partial charge in [0.15, 0.2) is 13.2 Å². The van der Waals surface area contributed by atoms with Gasteiger partial charge in [-0.05, 0) is 50.1 Å². The number of carbonyl (C=O) groups is 2. The van der Waals surface area contributed by atoms with E-state index < -0.39 is 34.5 Å². The fourth-order valence-electron chi connectivity index (χ4n) is 2.60. The third-order valence-corrected chi connectivity index (χ3v) is 5.06. The first kappa shape index (κ1) is 22.4. The Morgan fingerprint density at radius 3 is 2.31 bits per heavy atom. The van der Waals surface area contributed by atoms with Crippen LogP contribution in [0.25, 0.3) is 0 Å². The van der Waals surface area contributed by atoms with Gasteiger partial charge in [-0.15, -0.1) is 0 Å². The van der Waals surface area contributed by atoms with Crippen LogP contribution in [-0.4, -0.2) is 33.5 Å². The Labute approximate surface area is 170 Å². The molecule has 0 unspecified atom stereocenters. The molecule has 8 nitrogen and oxygen atoms in total. The number of rotatable bonds is 8. The van der Waals surface area contributed by atoms with E-state index in [-0.39, 0.29) is 11.5 Å². The van der Waals surface area contributed by atoms with Crippen LogP contribution >= 0.6 is 0 Å². The van der Waals surface area contributed by atoms with Crippen LogP contribution in [0.2, 0.25) is 0 Å². The van der Waals surface area contributed by atoms with Crippen molar-refractivity contribution in [3.63, 3.8) is 0 Å². The number of amides is 1. The van der Waals surface area contributed by atoms with E-state index in [1.807, 2.05) is 26.0 Å². The number of hydrogen-bond acceptors (Lipinski definition) is 6. The molecule has 0 spiro atoms. The van der Waals surface area contributed by atoms with E-state index in [0.717, 1.165) is 11.1 Å². The Morgan fingerprint density at radius 2 is 1.72 bits per heavy atom. The third-order valence-electron chi connectivity index (χ3n) is 4.13. The zero-order valence-corrected chi connectivity index (χ0v) is 17.3. The van der Waals surface area contributed by atoms with Gasteiger partial charge in [-0.1, -0.05) is 29.8 Å². The maximum atomic E-state index is 12.0. The fourth-order valence-corrected chi connectivity index (χ4v) is 3.11. The number of nitrogens with one attached hydrogen (secondary N) is 1. The molecule has 1 amide bonds. The SMILES string of the molecule is Cc1ccc(OCC(=O)OCC(=O)N[C@H](C)c2ccc(S(N)(=O)=O)cc2)c(C)c1. The van der Waals surface area contributed by atoms with Crippen LogP contribution in [0.3, 0.4) is 0 Å². The van der Waals surface area contributed by atoms with E-state index in [1.165, 1.54) is 12.1 Å². The number of primary sulfonamides is 1. The largest absolute Gasteiger partial charge is 0.482 e. The monoisotopic (exact) mass is 420 g/mol. The first-order chi connectivity index (χ1) is 13.6. The Balaban J connectivity index is 1.79. The van der Waals surface area contributed by atoms with E-state index in [9.17, 15) is 18.0 Å². The van der Waals surface area contributed by atoms with Crippen LogP contribution in [0.1, 0.15) is 29.7 Å². The molecule has 0 saturated heterocycles. The molecular weight excluding hydrogens is 396 g/mol. The minimum Gasteiger partial charge on any atom is -0.482 e. The summed E-state index contributed by atoms with van der Waals surface area (Å²) in [4.78, 5) is 23.8. The Kier molecular flexibility index (Phi) is 7.35. The van der Waals surface area contributed by atoms with Crippen molar-refractivity contribution in [2.24, 2.45) is 5.14 Å². The van der Waals surface area contributed by atoms with Gasteiger partial charge >= 0.3 is 5.97 Å². The molecule has 2 rings (SSSR count). The lowest BCUT2D eigenvalue weighted by Crippen LogP contribution is -2.32. The number of carbonyl (C=O) groups excluding carboxylic acids is 2. The molecule has 0 fully saturated rings. The highest BCUT2D eigenvalue weighted by Crippen LogP contribution is 2.18. The minimum atomic E-state index is -3.77. The quantitative estimate of drug-likeness (QED) is 0.627. The molecule has 2 aromatic rings. The summed E-state index contributed by atoms with van der Waals surface area (Å²) in [5, 5.41) is 7.71. The van der Waals surface area contributed by atoms with Gasteiger partial charge in [-0.25, -0.2) is 18.4 Å². The summed E-state index contributed by atoms with van der Waals surface area (Å²) in [6.07, 6.45) is 0. The van der Waals surface area contributed by atoms with Crippen molar-refractivity contribution in [2.75, 3.05) is 13.2 Å². The summed E-state index contributed by atoms with van der Waals surface area (Å²) in [6, 6.07) is 11.0. The smallest absolute Gasteiger partial charge is 0.344 e. The molecule has 156 valence electrons. The third kappa shape index (κ3) is 6.88. The maximum absolute atomic E-state index is 12.0. The first-order valence-corrected chi connectivity index (χ1v) is 10.4. The van der Waals surface area contributed by atoms with E-state index in [4.69, 9.17) is 14.6 Å². The molecule has 9 heteroatoms. The number of aryl methyl sites for hydroxylation is 2. The number of benzene rings is 2. The van der Waals surface area contributed by atoms with Crippen molar-refractivity contribution in [1.82, 2.24) is 5.32 Å². The zero-order valence-electron chi connectivity index (χ0n) is 16.5. The summed E-state index contributed by atoms with van der Waals surface area (Å²) in [6.45, 7) is 4.79. The van der Waals surface area contributed by atoms with E-state index in [2.05, 4.69) is 5.32 Å². The van der Waals surface area contributed by atoms with Gasteiger partial charge in [0.2, 0.25) is 10.0 Å². The predicted octanol–water partition coefficient (Wildman–Crippen LogP) is 1.75. The van der Waals surface area contributed by atoms with Gasteiger partial charge in [-0.3, -0.25) is 4.79 Å². The van der Waals surface area contributed by atoms with Crippen LogP contribution < -0.4 is 15.2 Å². The lowest BCUT2D eigenvalue weighted by atomic mass is 10.1. The van der Waals surface area contributed by atoms with E-state index in [1.54, 1.807) is 25.1 Å². The molecule has 0 aliphatic heterocycles. The number of nitrogens with two attached hydrogens (primary N) is 1. The van der Waals surface area contributed by atoms with Crippen molar-refractivity contribution < 1.29 is 27.5 Å². The molecule has 2 aromatic carbocycles. The summed E-state index contributed by atoms with van der Waals surface area (Å²) in [5.41, 5.74) is 2.66. The van der Waals surface area contributed by atoms with E-state index >= 15 is 0 Å². The second-order valence-electron chi connectivity index (χ2n) is 6.62. The lowest BCUT2D eigenvalue weighted by molar-refractivity contribution is -0.150. The molecule has 0 aliphatic rings. The molecule has 29 heavy (non-hydrogen) atoms. The van der Waals surface area contributed by atoms with Crippen LogP contribution in [0, 0.1) is 13.8 Å². The molecule has 1 atom stereocenters. The normalized spacial score (nSPS) is 12.1. The molecule has 0 radical (unpaired) electrons.